The molecular formula is C25H24FN5O2S. The van der Waals surface area contributed by atoms with E-state index in [4.69, 9.17) is 4.74 Å². The lowest BCUT2D eigenvalue weighted by atomic mass is 10.1. The molecule has 0 atom stereocenters. The summed E-state index contributed by atoms with van der Waals surface area (Å²) in [6.45, 7) is 4.67. The SMILES string of the molecule is COc1ccccc1NC(=O)c1sc2ncnc(N3CCN(c4ccccc4F)CC3)c2c1C. The van der Waals surface area contributed by atoms with Crippen molar-refractivity contribution >= 4 is 44.7 Å². The third-order valence-electron chi connectivity index (χ3n) is 6.04. The lowest BCUT2D eigenvalue weighted by Gasteiger charge is -2.37. The lowest BCUT2D eigenvalue weighted by Crippen LogP contribution is -2.47. The summed E-state index contributed by atoms with van der Waals surface area (Å²) in [6.07, 6.45) is 1.54. The molecule has 7 nitrogen and oxygen atoms in total. The topological polar surface area (TPSA) is 70.6 Å². The van der Waals surface area contributed by atoms with Gasteiger partial charge >= 0.3 is 0 Å². The molecule has 0 unspecified atom stereocenters. The molecule has 3 heterocycles. The third-order valence-corrected chi connectivity index (χ3v) is 7.24. The molecule has 34 heavy (non-hydrogen) atoms. The number of halogens is 1. The Morgan fingerprint density at radius 1 is 1.03 bits per heavy atom. The minimum atomic E-state index is -0.209. The minimum Gasteiger partial charge on any atom is -0.495 e. The number of carbonyl (C=O) groups excluding carboxylic acids is 1. The summed E-state index contributed by atoms with van der Waals surface area (Å²) in [5.41, 5.74) is 2.08. The number of ether oxygens (including phenoxy) is 1. The molecule has 1 aliphatic heterocycles. The van der Waals surface area contributed by atoms with E-state index < -0.39 is 0 Å². The van der Waals surface area contributed by atoms with Gasteiger partial charge in [0, 0.05) is 26.2 Å². The molecular weight excluding hydrogens is 453 g/mol. The largest absolute Gasteiger partial charge is 0.495 e. The molecule has 2 aromatic heterocycles. The summed E-state index contributed by atoms with van der Waals surface area (Å²) >= 11 is 1.35. The summed E-state index contributed by atoms with van der Waals surface area (Å²) in [4.78, 5) is 27.7. The fraction of sp³-hybridized carbons (Fsp3) is 0.240. The zero-order chi connectivity index (χ0) is 23.7. The van der Waals surface area contributed by atoms with Gasteiger partial charge in [0.1, 0.15) is 28.5 Å². The van der Waals surface area contributed by atoms with Crippen LogP contribution in [0.5, 0.6) is 5.75 Å². The number of thiophene rings is 1. The molecule has 4 aromatic rings. The number of benzene rings is 2. The van der Waals surface area contributed by atoms with E-state index in [2.05, 4.69) is 25.1 Å². The van der Waals surface area contributed by atoms with Gasteiger partial charge in [-0.3, -0.25) is 4.79 Å². The van der Waals surface area contributed by atoms with Crippen LogP contribution in [-0.2, 0) is 0 Å². The van der Waals surface area contributed by atoms with Crippen molar-refractivity contribution < 1.29 is 13.9 Å². The first-order valence-corrected chi connectivity index (χ1v) is 11.8. The number of fused-ring (bicyclic) bond motifs is 1. The van der Waals surface area contributed by atoms with Crippen LogP contribution < -0.4 is 19.9 Å². The zero-order valence-electron chi connectivity index (χ0n) is 18.9. The van der Waals surface area contributed by atoms with E-state index >= 15 is 0 Å². The van der Waals surface area contributed by atoms with E-state index in [9.17, 15) is 9.18 Å². The van der Waals surface area contributed by atoms with Gasteiger partial charge in [-0.2, -0.15) is 0 Å². The van der Waals surface area contributed by atoms with E-state index in [0.717, 1.165) is 21.6 Å². The molecule has 1 N–H and O–H groups in total. The summed E-state index contributed by atoms with van der Waals surface area (Å²) in [5.74, 6) is 0.992. The van der Waals surface area contributed by atoms with Gasteiger partial charge in [0.25, 0.3) is 5.91 Å². The number of para-hydroxylation sites is 3. The van der Waals surface area contributed by atoms with Gasteiger partial charge in [0.2, 0.25) is 0 Å². The highest BCUT2D eigenvalue weighted by molar-refractivity contribution is 7.20. The second-order valence-electron chi connectivity index (χ2n) is 8.01. The molecule has 0 radical (unpaired) electrons. The van der Waals surface area contributed by atoms with Crippen LogP contribution in [0.2, 0.25) is 0 Å². The predicted octanol–water partition coefficient (Wildman–Crippen LogP) is 4.73. The maximum Gasteiger partial charge on any atom is 0.266 e. The van der Waals surface area contributed by atoms with Crippen molar-refractivity contribution in [2.24, 2.45) is 0 Å². The molecule has 1 aliphatic rings. The second-order valence-corrected chi connectivity index (χ2v) is 9.01. The van der Waals surface area contributed by atoms with Crippen molar-refractivity contribution in [2.75, 3.05) is 48.4 Å². The Morgan fingerprint density at radius 2 is 1.74 bits per heavy atom. The summed E-state index contributed by atoms with van der Waals surface area (Å²) in [7, 11) is 1.57. The van der Waals surface area contributed by atoms with E-state index in [-0.39, 0.29) is 11.7 Å². The third kappa shape index (κ3) is 4.03. The summed E-state index contributed by atoms with van der Waals surface area (Å²) < 4.78 is 19.6. The number of rotatable bonds is 5. The number of hydrogen-bond acceptors (Lipinski definition) is 7. The van der Waals surface area contributed by atoms with Crippen LogP contribution in [-0.4, -0.2) is 49.2 Å². The lowest BCUT2D eigenvalue weighted by molar-refractivity contribution is 0.102. The van der Waals surface area contributed by atoms with Gasteiger partial charge in [-0.1, -0.05) is 24.3 Å². The Labute approximate surface area is 200 Å². The molecule has 1 fully saturated rings. The highest BCUT2D eigenvalue weighted by Gasteiger charge is 2.25. The molecule has 1 saturated heterocycles. The second kappa shape index (κ2) is 9.26. The first kappa shape index (κ1) is 22.1. The number of amides is 1. The standard InChI is InChI=1S/C25H24FN5O2S/c1-16-21-23(31-13-11-30(12-14-31)19-9-5-3-7-17(19)26)27-15-28-25(21)34-22(16)24(32)29-18-8-4-6-10-20(18)33-2/h3-10,15H,11-14H2,1-2H3,(H,29,32). The van der Waals surface area contributed by atoms with Crippen molar-refractivity contribution in [3.05, 3.63) is 71.1 Å². The summed E-state index contributed by atoms with van der Waals surface area (Å²) in [6, 6.07) is 14.2. The molecule has 2 aromatic carbocycles. The van der Waals surface area contributed by atoms with Crippen LogP contribution >= 0.6 is 11.3 Å². The van der Waals surface area contributed by atoms with Gasteiger partial charge in [-0.15, -0.1) is 11.3 Å². The monoisotopic (exact) mass is 477 g/mol. The van der Waals surface area contributed by atoms with Crippen LogP contribution in [0.15, 0.2) is 54.9 Å². The molecule has 9 heteroatoms. The van der Waals surface area contributed by atoms with Gasteiger partial charge < -0.3 is 19.9 Å². The number of aryl methyl sites for hydroxylation is 1. The number of aromatic nitrogens is 2. The van der Waals surface area contributed by atoms with Crippen LogP contribution in [0, 0.1) is 12.7 Å². The summed E-state index contributed by atoms with van der Waals surface area (Å²) in [5, 5.41) is 3.84. The number of methoxy groups -OCH3 is 1. The molecule has 1 amide bonds. The van der Waals surface area contributed by atoms with Gasteiger partial charge in [-0.25, -0.2) is 14.4 Å². The number of nitrogens with zero attached hydrogens (tertiary/aromatic N) is 4. The highest BCUT2D eigenvalue weighted by atomic mass is 32.1. The van der Waals surface area contributed by atoms with Gasteiger partial charge in [-0.05, 0) is 36.8 Å². The van der Waals surface area contributed by atoms with Crippen LogP contribution in [0.4, 0.5) is 21.6 Å². The average molecular weight is 478 g/mol. The predicted molar refractivity (Wildman–Crippen MR) is 134 cm³/mol. The highest BCUT2D eigenvalue weighted by Crippen LogP contribution is 2.36. The van der Waals surface area contributed by atoms with Crippen molar-refractivity contribution in [1.82, 2.24) is 9.97 Å². The van der Waals surface area contributed by atoms with Gasteiger partial charge in [0.15, 0.2) is 0 Å². The van der Waals surface area contributed by atoms with E-state index in [1.54, 1.807) is 31.6 Å². The van der Waals surface area contributed by atoms with Crippen LogP contribution in [0.3, 0.4) is 0 Å². The maximum atomic E-state index is 14.2. The first-order chi connectivity index (χ1) is 16.6. The number of hydrogen-bond donors (Lipinski definition) is 1. The Kier molecular flexibility index (Phi) is 6.02. The Balaban J connectivity index is 1.40. The molecule has 0 aliphatic carbocycles. The van der Waals surface area contributed by atoms with Gasteiger partial charge in [0.05, 0.1) is 28.7 Å². The van der Waals surface area contributed by atoms with E-state index in [1.807, 2.05) is 31.2 Å². The molecule has 174 valence electrons. The number of carbonyl (C=O) groups is 1. The number of nitrogens with one attached hydrogen (secondary N) is 1. The zero-order valence-corrected chi connectivity index (χ0v) is 19.7. The molecule has 0 saturated carbocycles. The van der Waals surface area contributed by atoms with E-state index in [0.29, 0.717) is 48.2 Å². The fourth-order valence-electron chi connectivity index (χ4n) is 4.30. The Morgan fingerprint density at radius 3 is 2.50 bits per heavy atom. The average Bonchev–Trinajstić information content (AvgIpc) is 3.21. The number of piperazine rings is 1. The molecule has 0 spiro atoms. The smallest absolute Gasteiger partial charge is 0.266 e. The first-order valence-electron chi connectivity index (χ1n) is 11.0. The van der Waals surface area contributed by atoms with Crippen molar-refractivity contribution in [3.63, 3.8) is 0 Å². The molecule has 0 bridgehead atoms. The van der Waals surface area contributed by atoms with Crippen molar-refractivity contribution in [2.45, 2.75) is 6.92 Å². The van der Waals surface area contributed by atoms with Crippen LogP contribution in [0.25, 0.3) is 10.2 Å². The van der Waals surface area contributed by atoms with E-state index in [1.165, 1.54) is 17.4 Å². The minimum absolute atomic E-state index is 0.208. The Bertz CT molecular complexity index is 1350. The normalized spacial score (nSPS) is 13.9. The van der Waals surface area contributed by atoms with Crippen LogP contribution in [0.1, 0.15) is 15.2 Å². The van der Waals surface area contributed by atoms with Crippen molar-refractivity contribution in [1.29, 1.82) is 0 Å². The Hall–Kier alpha value is -3.72. The fourth-order valence-corrected chi connectivity index (χ4v) is 5.34. The van der Waals surface area contributed by atoms with Crippen molar-refractivity contribution in [3.8, 4) is 5.75 Å². The molecule has 5 rings (SSSR count). The number of anilines is 3. The maximum absolute atomic E-state index is 14.2. The quantitative estimate of drug-likeness (QED) is 0.448.